The smallest absolute Gasteiger partial charge is 0.411 e. The molecule has 0 radical (unpaired) electrons. The van der Waals surface area contributed by atoms with Gasteiger partial charge >= 0.3 is 6.09 Å². The van der Waals surface area contributed by atoms with Crippen LogP contribution in [0, 0.1) is 0 Å². The summed E-state index contributed by atoms with van der Waals surface area (Å²) in [7, 11) is 1.57. The number of hydrogen-bond acceptors (Lipinski definition) is 4. The van der Waals surface area contributed by atoms with E-state index in [2.05, 4.69) is 5.32 Å². The first-order valence-electron chi connectivity index (χ1n) is 5.26. The van der Waals surface area contributed by atoms with E-state index in [1.165, 1.54) is 0 Å². The molecule has 0 heterocycles. The number of carbonyl (C=O) groups excluding carboxylic acids is 1. The number of carbonyl (C=O) groups is 1. The number of amides is 1. The SMILES string of the molecule is COCC(C)OC(=O)Nc1ccc(SC)cc1. The molecule has 0 aliphatic rings. The highest BCUT2D eigenvalue weighted by Gasteiger charge is 2.08. The maximum Gasteiger partial charge on any atom is 0.411 e. The molecule has 1 atom stereocenters. The highest BCUT2D eigenvalue weighted by molar-refractivity contribution is 7.98. The monoisotopic (exact) mass is 255 g/mol. The lowest BCUT2D eigenvalue weighted by Crippen LogP contribution is -2.23. The van der Waals surface area contributed by atoms with Gasteiger partial charge in [-0.3, -0.25) is 5.32 Å². The molecular weight excluding hydrogens is 238 g/mol. The summed E-state index contributed by atoms with van der Waals surface area (Å²) >= 11 is 1.65. The van der Waals surface area contributed by atoms with Gasteiger partial charge in [-0.1, -0.05) is 0 Å². The molecule has 1 rings (SSSR count). The fourth-order valence-electron chi connectivity index (χ4n) is 1.27. The average molecular weight is 255 g/mol. The molecule has 5 heteroatoms. The van der Waals surface area contributed by atoms with Crippen LogP contribution >= 0.6 is 11.8 Å². The van der Waals surface area contributed by atoms with E-state index in [9.17, 15) is 4.79 Å². The first-order valence-corrected chi connectivity index (χ1v) is 6.48. The number of methoxy groups -OCH3 is 1. The van der Waals surface area contributed by atoms with Gasteiger partial charge in [0.1, 0.15) is 6.10 Å². The highest BCUT2D eigenvalue weighted by Crippen LogP contribution is 2.17. The molecule has 0 aromatic heterocycles. The molecule has 0 spiro atoms. The second kappa shape index (κ2) is 7.19. The fraction of sp³-hybridized carbons (Fsp3) is 0.417. The Morgan fingerprint density at radius 2 is 2.06 bits per heavy atom. The number of benzene rings is 1. The minimum Gasteiger partial charge on any atom is -0.444 e. The Hall–Kier alpha value is -1.20. The molecule has 17 heavy (non-hydrogen) atoms. The zero-order valence-corrected chi connectivity index (χ0v) is 11.0. The van der Waals surface area contributed by atoms with Gasteiger partial charge in [-0.05, 0) is 37.4 Å². The molecule has 0 aliphatic carbocycles. The standard InChI is InChI=1S/C12H17NO3S/c1-9(8-15-2)16-12(14)13-10-4-6-11(17-3)7-5-10/h4-7,9H,8H2,1-3H3,(H,13,14). The van der Waals surface area contributed by atoms with Crippen LogP contribution in [-0.2, 0) is 9.47 Å². The zero-order valence-electron chi connectivity index (χ0n) is 10.2. The summed E-state index contributed by atoms with van der Waals surface area (Å²) in [6.07, 6.45) is 1.28. The third kappa shape index (κ3) is 5.10. The van der Waals surface area contributed by atoms with Crippen LogP contribution in [0.4, 0.5) is 10.5 Å². The van der Waals surface area contributed by atoms with Crippen molar-refractivity contribution in [2.75, 3.05) is 25.3 Å². The van der Waals surface area contributed by atoms with Gasteiger partial charge in [-0.25, -0.2) is 4.79 Å². The molecule has 4 nitrogen and oxygen atoms in total. The van der Waals surface area contributed by atoms with Crippen LogP contribution in [0.2, 0.25) is 0 Å². The molecule has 0 bridgehead atoms. The van der Waals surface area contributed by atoms with Crippen molar-refractivity contribution in [3.05, 3.63) is 24.3 Å². The van der Waals surface area contributed by atoms with E-state index in [-0.39, 0.29) is 6.10 Å². The van der Waals surface area contributed by atoms with Crippen LogP contribution in [0.25, 0.3) is 0 Å². The fourth-order valence-corrected chi connectivity index (χ4v) is 1.68. The quantitative estimate of drug-likeness (QED) is 0.822. The van der Waals surface area contributed by atoms with Crippen LogP contribution in [0.3, 0.4) is 0 Å². The normalized spacial score (nSPS) is 11.9. The predicted molar refractivity (Wildman–Crippen MR) is 69.7 cm³/mol. The Morgan fingerprint density at radius 3 is 2.59 bits per heavy atom. The predicted octanol–water partition coefficient (Wildman–Crippen LogP) is 2.99. The Balaban J connectivity index is 2.44. The molecule has 1 N–H and O–H groups in total. The van der Waals surface area contributed by atoms with E-state index < -0.39 is 6.09 Å². The molecule has 0 fully saturated rings. The average Bonchev–Trinajstić information content (AvgIpc) is 2.30. The molecule has 1 amide bonds. The van der Waals surface area contributed by atoms with E-state index in [0.29, 0.717) is 6.61 Å². The Morgan fingerprint density at radius 1 is 1.41 bits per heavy atom. The zero-order chi connectivity index (χ0) is 12.7. The number of rotatable bonds is 5. The molecular formula is C12H17NO3S. The van der Waals surface area contributed by atoms with Gasteiger partial charge in [-0.2, -0.15) is 0 Å². The van der Waals surface area contributed by atoms with E-state index in [1.807, 2.05) is 30.5 Å². The first kappa shape index (κ1) is 13.9. The van der Waals surface area contributed by atoms with Gasteiger partial charge in [0.15, 0.2) is 0 Å². The van der Waals surface area contributed by atoms with Gasteiger partial charge in [0, 0.05) is 17.7 Å². The van der Waals surface area contributed by atoms with Crippen molar-refractivity contribution in [1.29, 1.82) is 0 Å². The lowest BCUT2D eigenvalue weighted by Gasteiger charge is -2.12. The lowest BCUT2D eigenvalue weighted by molar-refractivity contribution is 0.0564. The van der Waals surface area contributed by atoms with Crippen LogP contribution in [-0.4, -0.2) is 32.2 Å². The summed E-state index contributed by atoms with van der Waals surface area (Å²) in [5, 5.41) is 2.66. The largest absolute Gasteiger partial charge is 0.444 e. The summed E-state index contributed by atoms with van der Waals surface area (Å²) in [5.41, 5.74) is 0.720. The van der Waals surface area contributed by atoms with Gasteiger partial charge < -0.3 is 9.47 Å². The van der Waals surface area contributed by atoms with Crippen LogP contribution < -0.4 is 5.32 Å². The van der Waals surface area contributed by atoms with Crippen molar-refractivity contribution in [2.45, 2.75) is 17.9 Å². The van der Waals surface area contributed by atoms with Crippen molar-refractivity contribution in [3.63, 3.8) is 0 Å². The van der Waals surface area contributed by atoms with Crippen molar-refractivity contribution in [1.82, 2.24) is 0 Å². The minimum atomic E-state index is -0.466. The second-order valence-corrected chi connectivity index (χ2v) is 4.40. The molecule has 0 saturated heterocycles. The van der Waals surface area contributed by atoms with Crippen molar-refractivity contribution >= 4 is 23.5 Å². The van der Waals surface area contributed by atoms with Crippen LogP contribution in [0.15, 0.2) is 29.2 Å². The lowest BCUT2D eigenvalue weighted by atomic mass is 10.3. The topological polar surface area (TPSA) is 47.6 Å². The highest BCUT2D eigenvalue weighted by atomic mass is 32.2. The van der Waals surface area contributed by atoms with Gasteiger partial charge in [-0.15, -0.1) is 11.8 Å². The maximum atomic E-state index is 11.5. The maximum absolute atomic E-state index is 11.5. The number of nitrogens with one attached hydrogen (secondary N) is 1. The number of thioether (sulfide) groups is 1. The van der Waals surface area contributed by atoms with Crippen molar-refractivity contribution in [2.24, 2.45) is 0 Å². The molecule has 0 saturated carbocycles. The summed E-state index contributed by atoms with van der Waals surface area (Å²) in [6.45, 7) is 2.17. The van der Waals surface area contributed by atoms with E-state index in [1.54, 1.807) is 25.8 Å². The molecule has 94 valence electrons. The first-order chi connectivity index (χ1) is 8.15. The molecule has 1 aromatic rings. The Kier molecular flexibility index (Phi) is 5.86. The summed E-state index contributed by atoms with van der Waals surface area (Å²) in [6, 6.07) is 7.57. The minimum absolute atomic E-state index is 0.259. The number of anilines is 1. The third-order valence-corrected chi connectivity index (χ3v) is 2.79. The summed E-state index contributed by atoms with van der Waals surface area (Å²) in [4.78, 5) is 12.6. The Labute approximate surface area is 106 Å². The number of ether oxygens (including phenoxy) is 2. The number of hydrogen-bond donors (Lipinski definition) is 1. The van der Waals surface area contributed by atoms with Crippen molar-refractivity contribution in [3.8, 4) is 0 Å². The molecule has 0 aliphatic heterocycles. The summed E-state index contributed by atoms with van der Waals surface area (Å²) in [5.74, 6) is 0. The van der Waals surface area contributed by atoms with Crippen LogP contribution in [0.1, 0.15) is 6.92 Å². The van der Waals surface area contributed by atoms with Gasteiger partial charge in [0.05, 0.1) is 6.61 Å². The van der Waals surface area contributed by atoms with E-state index >= 15 is 0 Å². The third-order valence-electron chi connectivity index (χ3n) is 2.05. The summed E-state index contributed by atoms with van der Waals surface area (Å²) < 4.78 is 9.95. The van der Waals surface area contributed by atoms with Crippen LogP contribution in [0.5, 0.6) is 0 Å². The Bertz CT molecular complexity index is 353. The second-order valence-electron chi connectivity index (χ2n) is 3.52. The van der Waals surface area contributed by atoms with E-state index in [4.69, 9.17) is 9.47 Å². The van der Waals surface area contributed by atoms with Crippen molar-refractivity contribution < 1.29 is 14.3 Å². The van der Waals surface area contributed by atoms with Gasteiger partial charge in [0.25, 0.3) is 0 Å². The molecule has 1 aromatic carbocycles. The van der Waals surface area contributed by atoms with Gasteiger partial charge in [0.2, 0.25) is 0 Å². The van der Waals surface area contributed by atoms with E-state index in [0.717, 1.165) is 10.6 Å². The molecule has 1 unspecified atom stereocenters.